The number of rotatable bonds is 0. The highest BCUT2D eigenvalue weighted by Gasteiger charge is 1.56. The molecule has 51 heavy (non-hydrogen) atoms. The van der Waals surface area contributed by atoms with Crippen LogP contribution in [0.3, 0.4) is 0 Å². The van der Waals surface area contributed by atoms with Crippen LogP contribution in [0.15, 0.2) is 105 Å². The van der Waals surface area contributed by atoms with Crippen molar-refractivity contribution < 1.29 is 0 Å². The van der Waals surface area contributed by atoms with Crippen molar-refractivity contribution in [2.75, 3.05) is 0 Å². The monoisotopic (exact) mass is 674 g/mol. The maximum atomic E-state index is 4.86. The van der Waals surface area contributed by atoms with E-state index in [0.717, 1.165) is 0 Å². The average Bonchev–Trinajstić information content (AvgIpc) is 3.27. The Morgan fingerprint density at radius 2 is 0.314 bits per heavy atom. The summed E-state index contributed by atoms with van der Waals surface area (Å²) in [6, 6.07) is 0. The van der Waals surface area contributed by atoms with Crippen LogP contribution in [0.25, 0.3) is 0 Å². The lowest BCUT2D eigenvalue weighted by molar-refractivity contribution is 1.50. The Hall–Kier alpha value is -7.80. The Labute approximate surface area is 322 Å². The standard InChI is InChI=1S/C14H2.C13H4.4C2H6.8C2H4/c1-3-5-7-9-11-13-14-12-10-8-6-4-2;1-3-5-7-9-11-13-12-10-8-6-4-2;12*1-2/h1-2H;1H,2H3;4*1-2H3;8*1-2H2. The van der Waals surface area contributed by atoms with Crippen molar-refractivity contribution in [3.05, 3.63) is 105 Å². The predicted octanol–water partition coefficient (Wildman–Crippen LogP) is 11.4. The van der Waals surface area contributed by atoms with E-state index in [2.05, 4.69) is 241 Å². The molecule has 0 spiro atoms. The van der Waals surface area contributed by atoms with Crippen molar-refractivity contribution in [1.82, 2.24) is 0 Å². The minimum absolute atomic E-state index is 1.71. The molecule has 0 atom stereocenters. The zero-order chi connectivity index (χ0) is 44.3. The second kappa shape index (κ2) is 310. The van der Waals surface area contributed by atoms with Crippen LogP contribution in [0, 0.1) is 155 Å². The first kappa shape index (κ1) is 90.2. The molecule has 0 aromatic heterocycles. The summed E-state index contributed by atoms with van der Waals surface area (Å²) in [4.78, 5) is 0. The van der Waals surface area contributed by atoms with E-state index < -0.39 is 0 Å². The van der Waals surface area contributed by atoms with Crippen LogP contribution in [0.4, 0.5) is 0 Å². The van der Waals surface area contributed by atoms with E-state index in [1.54, 1.807) is 6.92 Å². The molecule has 0 rings (SSSR count). The molecule has 0 saturated heterocycles. The van der Waals surface area contributed by atoms with Crippen molar-refractivity contribution in [2.24, 2.45) is 0 Å². The molecule has 266 valence electrons. The van der Waals surface area contributed by atoms with Crippen molar-refractivity contribution in [3.8, 4) is 155 Å². The molecule has 0 heterocycles. The smallest absolute Gasteiger partial charge is 0.0000000000182 e. The minimum atomic E-state index is 1.71. The fourth-order valence-electron chi connectivity index (χ4n) is 0.640. The summed E-state index contributed by atoms with van der Waals surface area (Å²) in [5.41, 5.74) is 0. The van der Waals surface area contributed by atoms with E-state index in [1.165, 1.54) is 0 Å². The van der Waals surface area contributed by atoms with Crippen molar-refractivity contribution >= 4 is 0 Å². The third kappa shape index (κ3) is 391. The summed E-state index contributed by atoms with van der Waals surface area (Å²) in [6.45, 7) is 65.7. The summed E-state index contributed by atoms with van der Waals surface area (Å²) in [5, 5.41) is 0. The Bertz CT molecular complexity index is 1340. The SMILES string of the molecule is C#CC#CC#CC#CC#CC#CC.C#CC#CC#CC#CC#CC#CC#C.C=C.C=C.C=C.C=C.C=C.C=C.C=C.C=C.CC.CC.CC.CC. The molecule has 0 heteroatoms. The lowest BCUT2D eigenvalue weighted by atomic mass is 10.5. The van der Waals surface area contributed by atoms with Gasteiger partial charge in [0.2, 0.25) is 0 Å². The van der Waals surface area contributed by atoms with Gasteiger partial charge in [0.1, 0.15) is 0 Å². The van der Waals surface area contributed by atoms with Crippen LogP contribution in [0.5, 0.6) is 0 Å². The summed E-state index contributed by atoms with van der Waals surface area (Å²) in [7, 11) is 0. The fraction of sp³-hybridized carbons (Fsp3) is 0.176. The first-order valence-corrected chi connectivity index (χ1v) is 14.6. The van der Waals surface area contributed by atoms with Gasteiger partial charge in [-0.25, -0.2) is 0 Å². The normalized spacial score (nSPS) is 3.02. The van der Waals surface area contributed by atoms with E-state index in [1.807, 2.05) is 55.4 Å². The highest BCUT2D eigenvalue weighted by atomic mass is 13.6. The van der Waals surface area contributed by atoms with Gasteiger partial charge in [0.15, 0.2) is 0 Å². The Morgan fingerprint density at radius 1 is 0.216 bits per heavy atom. The number of hydrogen-bond acceptors (Lipinski definition) is 0. The van der Waals surface area contributed by atoms with Crippen molar-refractivity contribution in [3.63, 3.8) is 0 Å². The number of terminal acetylenes is 3. The quantitative estimate of drug-likeness (QED) is 0.177. The van der Waals surface area contributed by atoms with Gasteiger partial charge < -0.3 is 0 Å². The molecule has 0 saturated carbocycles. The topological polar surface area (TPSA) is 0 Å². The van der Waals surface area contributed by atoms with Crippen LogP contribution in [0.1, 0.15) is 62.3 Å². The molecule has 0 aromatic rings. The van der Waals surface area contributed by atoms with Crippen molar-refractivity contribution in [1.29, 1.82) is 0 Å². The maximum absolute atomic E-state index is 4.86. The highest BCUT2D eigenvalue weighted by molar-refractivity contribution is 5.45. The van der Waals surface area contributed by atoms with Crippen LogP contribution in [0.2, 0.25) is 0 Å². The second-order valence-electron chi connectivity index (χ2n) is 3.06. The Balaban J connectivity index is -0.0000000281. The fourth-order valence-corrected chi connectivity index (χ4v) is 0.640. The molecule has 0 radical (unpaired) electrons. The summed E-state index contributed by atoms with van der Waals surface area (Å²) >= 11 is 0. The van der Waals surface area contributed by atoms with Crippen LogP contribution in [-0.4, -0.2) is 0 Å². The van der Waals surface area contributed by atoms with E-state index >= 15 is 0 Å². The van der Waals surface area contributed by atoms with Gasteiger partial charge in [-0.2, -0.15) is 0 Å². The van der Waals surface area contributed by atoms with Gasteiger partial charge in [-0.1, -0.05) is 61.3 Å². The van der Waals surface area contributed by atoms with Gasteiger partial charge in [-0.3, -0.25) is 0 Å². The molecule has 0 amide bonds. The van der Waals surface area contributed by atoms with Crippen LogP contribution in [-0.2, 0) is 0 Å². The highest BCUT2D eigenvalue weighted by Crippen LogP contribution is 1.57. The van der Waals surface area contributed by atoms with E-state index in [0.29, 0.717) is 0 Å². The first-order chi connectivity index (χ1) is 25.3. The zero-order valence-electron chi connectivity index (χ0n) is 33.5. The van der Waals surface area contributed by atoms with Gasteiger partial charge in [-0.05, 0) is 137 Å². The number of hydrogen-bond donors (Lipinski definition) is 0. The van der Waals surface area contributed by atoms with E-state index in [-0.39, 0.29) is 0 Å². The van der Waals surface area contributed by atoms with E-state index in [4.69, 9.17) is 19.3 Å². The molecular weight excluding hydrogens is 613 g/mol. The maximum Gasteiger partial charge on any atom is -0.0000000000182 e. The summed E-state index contributed by atoms with van der Waals surface area (Å²) in [5.74, 6) is 55.2. The molecule has 0 nitrogen and oxygen atoms in total. The third-order valence-corrected chi connectivity index (χ3v) is 1.40. The average molecular weight is 675 g/mol. The van der Waals surface area contributed by atoms with Gasteiger partial charge in [-0.15, -0.1) is 125 Å². The van der Waals surface area contributed by atoms with Gasteiger partial charge in [0, 0.05) is 0 Å². The van der Waals surface area contributed by atoms with Gasteiger partial charge >= 0.3 is 0 Å². The molecule has 0 N–H and O–H groups in total. The van der Waals surface area contributed by atoms with Gasteiger partial charge in [0.25, 0.3) is 0 Å². The summed E-state index contributed by atoms with van der Waals surface area (Å²) in [6.07, 6.45) is 14.6. The van der Waals surface area contributed by atoms with Gasteiger partial charge in [0.05, 0.1) is 0 Å². The Kier molecular flexibility index (Phi) is 549. The first-order valence-electron chi connectivity index (χ1n) is 14.6. The predicted molar refractivity (Wildman–Crippen MR) is 245 cm³/mol. The molecule has 0 fully saturated rings. The third-order valence-electron chi connectivity index (χ3n) is 1.40. The molecule has 0 aromatic carbocycles. The summed E-state index contributed by atoms with van der Waals surface area (Å²) < 4.78 is 0. The second-order valence-corrected chi connectivity index (χ2v) is 3.06. The molecule has 0 aliphatic rings. The van der Waals surface area contributed by atoms with E-state index in [9.17, 15) is 0 Å². The molecule has 0 unspecified atom stereocenters. The molecule has 0 bridgehead atoms. The van der Waals surface area contributed by atoms with Crippen LogP contribution >= 0.6 is 0 Å². The lowest BCUT2D eigenvalue weighted by Crippen LogP contribution is -1.54. The zero-order valence-corrected chi connectivity index (χ0v) is 33.5. The molecule has 0 aliphatic heterocycles. The molecule has 0 aliphatic carbocycles. The lowest BCUT2D eigenvalue weighted by Gasteiger charge is -1.55. The minimum Gasteiger partial charge on any atom is -0.106 e. The van der Waals surface area contributed by atoms with Crippen molar-refractivity contribution in [2.45, 2.75) is 62.3 Å². The Morgan fingerprint density at radius 3 is 0.412 bits per heavy atom. The largest absolute Gasteiger partial charge is 0.106 e. The van der Waals surface area contributed by atoms with Crippen LogP contribution < -0.4 is 0 Å². The molecular formula is C51H62.